The minimum atomic E-state index is 0.404. The van der Waals surface area contributed by atoms with Crippen molar-refractivity contribution in [2.75, 3.05) is 0 Å². The fourth-order valence-electron chi connectivity index (χ4n) is 4.95. The Balaban J connectivity index is 2.04. The van der Waals surface area contributed by atoms with E-state index in [4.69, 9.17) is 0 Å². The van der Waals surface area contributed by atoms with Gasteiger partial charge in [0.15, 0.2) is 0 Å². The van der Waals surface area contributed by atoms with Gasteiger partial charge in [-0.25, -0.2) is 4.57 Å². The molecule has 3 aromatic carbocycles. The third kappa shape index (κ3) is 4.39. The lowest BCUT2D eigenvalue weighted by atomic mass is 9.87. The lowest BCUT2D eigenvalue weighted by Gasteiger charge is -2.20. The fraction of sp³-hybridized carbons (Fsp3) is 0.323. The van der Waals surface area contributed by atoms with Crippen molar-refractivity contribution in [3.05, 3.63) is 94.8 Å². The van der Waals surface area contributed by atoms with Gasteiger partial charge in [0.1, 0.15) is 18.1 Å². The standard InChI is InChI=1S/C31H37N2/c1-20(2)28-18-26(25-16-22(5)15-23(6)17-25)19-29(21(3)4)30(28)33-14-13-32(8)31(33)27-12-10-9-11-24(27)7/h9-21H,1-8H3/q+1. The van der Waals surface area contributed by atoms with E-state index in [2.05, 4.69) is 132 Å². The molecule has 1 aromatic heterocycles. The van der Waals surface area contributed by atoms with Gasteiger partial charge >= 0.3 is 0 Å². The Hall–Kier alpha value is -3.13. The molecule has 0 aliphatic carbocycles. The molecule has 0 spiro atoms. The highest BCUT2D eigenvalue weighted by atomic mass is 15.1. The van der Waals surface area contributed by atoms with Crippen LogP contribution in [-0.4, -0.2) is 4.57 Å². The van der Waals surface area contributed by atoms with E-state index in [1.54, 1.807) is 0 Å². The molecule has 0 amide bonds. The first-order valence-electron chi connectivity index (χ1n) is 12.1. The lowest BCUT2D eigenvalue weighted by Crippen LogP contribution is -2.29. The minimum absolute atomic E-state index is 0.404. The van der Waals surface area contributed by atoms with Crippen LogP contribution in [0.4, 0.5) is 0 Å². The van der Waals surface area contributed by atoms with Crippen LogP contribution in [0.15, 0.2) is 67.0 Å². The summed E-state index contributed by atoms with van der Waals surface area (Å²) in [5.74, 6) is 2.03. The smallest absolute Gasteiger partial charge is 0.232 e. The third-order valence-electron chi connectivity index (χ3n) is 6.60. The molecule has 4 rings (SSSR count). The zero-order valence-corrected chi connectivity index (χ0v) is 21.4. The van der Waals surface area contributed by atoms with Crippen molar-refractivity contribution in [3.8, 4) is 28.2 Å². The fourth-order valence-corrected chi connectivity index (χ4v) is 4.95. The van der Waals surface area contributed by atoms with Gasteiger partial charge in [0.05, 0.1) is 12.6 Å². The van der Waals surface area contributed by atoms with Crippen molar-refractivity contribution in [1.29, 1.82) is 0 Å². The first kappa shape index (κ1) is 23.0. The molecule has 2 nitrogen and oxygen atoms in total. The zero-order valence-electron chi connectivity index (χ0n) is 21.4. The molecule has 0 saturated carbocycles. The topological polar surface area (TPSA) is 8.81 Å². The number of hydrogen-bond donors (Lipinski definition) is 0. The van der Waals surface area contributed by atoms with Gasteiger partial charge in [0.2, 0.25) is 0 Å². The van der Waals surface area contributed by atoms with Crippen LogP contribution in [0.3, 0.4) is 0 Å². The Bertz CT molecular complexity index is 1260. The largest absolute Gasteiger partial charge is 0.294 e. The molecule has 33 heavy (non-hydrogen) atoms. The maximum atomic E-state index is 2.42. The van der Waals surface area contributed by atoms with E-state index in [0.717, 1.165) is 0 Å². The molecule has 4 aromatic rings. The Kier molecular flexibility index (Phi) is 6.30. The number of aromatic nitrogens is 2. The van der Waals surface area contributed by atoms with E-state index in [-0.39, 0.29) is 0 Å². The van der Waals surface area contributed by atoms with E-state index in [9.17, 15) is 0 Å². The zero-order chi connectivity index (χ0) is 23.9. The van der Waals surface area contributed by atoms with Crippen molar-refractivity contribution >= 4 is 0 Å². The van der Waals surface area contributed by atoms with E-state index in [1.165, 1.54) is 56.0 Å². The highest BCUT2D eigenvalue weighted by Crippen LogP contribution is 2.38. The molecule has 0 unspecified atom stereocenters. The highest BCUT2D eigenvalue weighted by Gasteiger charge is 2.27. The second kappa shape index (κ2) is 9.02. The van der Waals surface area contributed by atoms with Gasteiger partial charge in [0.25, 0.3) is 5.82 Å². The first-order chi connectivity index (χ1) is 15.7. The van der Waals surface area contributed by atoms with Gasteiger partial charge in [-0.3, -0.25) is 0 Å². The number of aryl methyl sites for hydroxylation is 4. The SMILES string of the molecule is Cc1cc(C)cc(-c2cc(C(C)C)c(-n3cc[n+](C)c3-c3ccccc3C)c(C(C)C)c2)c1. The second-order valence-corrected chi connectivity index (χ2v) is 10.1. The van der Waals surface area contributed by atoms with Gasteiger partial charge in [-0.2, -0.15) is 4.57 Å². The van der Waals surface area contributed by atoms with Crippen molar-refractivity contribution in [3.63, 3.8) is 0 Å². The lowest BCUT2D eigenvalue weighted by molar-refractivity contribution is -0.659. The molecule has 1 heterocycles. The highest BCUT2D eigenvalue weighted by molar-refractivity contribution is 5.72. The van der Waals surface area contributed by atoms with E-state index in [0.29, 0.717) is 11.8 Å². The van der Waals surface area contributed by atoms with Crippen molar-refractivity contribution in [2.24, 2.45) is 7.05 Å². The number of hydrogen-bond acceptors (Lipinski definition) is 0. The third-order valence-corrected chi connectivity index (χ3v) is 6.60. The van der Waals surface area contributed by atoms with Crippen LogP contribution in [0.2, 0.25) is 0 Å². The Morgan fingerprint density at radius 1 is 0.727 bits per heavy atom. The summed E-state index contributed by atoms with van der Waals surface area (Å²) in [6, 6.07) is 20.4. The maximum Gasteiger partial charge on any atom is 0.294 e. The summed E-state index contributed by atoms with van der Waals surface area (Å²) >= 11 is 0. The van der Waals surface area contributed by atoms with Gasteiger partial charge in [-0.05, 0) is 67.5 Å². The molecule has 170 valence electrons. The molecule has 0 aliphatic rings. The second-order valence-electron chi connectivity index (χ2n) is 10.1. The van der Waals surface area contributed by atoms with Crippen molar-refractivity contribution in [1.82, 2.24) is 4.57 Å². The van der Waals surface area contributed by atoms with Gasteiger partial charge in [-0.1, -0.05) is 75.2 Å². The summed E-state index contributed by atoms with van der Waals surface area (Å²) in [6.45, 7) is 15.8. The van der Waals surface area contributed by atoms with Crippen LogP contribution in [0.5, 0.6) is 0 Å². The predicted octanol–water partition coefficient (Wildman–Crippen LogP) is 7.81. The van der Waals surface area contributed by atoms with Gasteiger partial charge < -0.3 is 0 Å². The van der Waals surface area contributed by atoms with Crippen molar-refractivity contribution < 1.29 is 4.57 Å². The molecule has 0 N–H and O–H groups in total. The molecular formula is C31H37N2+. The molecule has 0 saturated heterocycles. The van der Waals surface area contributed by atoms with Crippen molar-refractivity contribution in [2.45, 2.75) is 60.3 Å². The molecule has 0 bridgehead atoms. The number of benzene rings is 3. The summed E-state index contributed by atoms with van der Waals surface area (Å²) in [4.78, 5) is 0. The van der Waals surface area contributed by atoms with Crippen LogP contribution in [-0.2, 0) is 7.05 Å². The quantitative estimate of drug-likeness (QED) is 0.282. The summed E-state index contributed by atoms with van der Waals surface area (Å²) in [5.41, 5.74) is 11.9. The van der Waals surface area contributed by atoms with E-state index < -0.39 is 0 Å². The predicted molar refractivity (Wildman–Crippen MR) is 140 cm³/mol. The van der Waals surface area contributed by atoms with Crippen LogP contribution in [0, 0.1) is 20.8 Å². The Labute approximate surface area is 199 Å². The first-order valence-corrected chi connectivity index (χ1v) is 12.1. The van der Waals surface area contributed by atoms with E-state index >= 15 is 0 Å². The minimum Gasteiger partial charge on any atom is -0.232 e. The van der Waals surface area contributed by atoms with Crippen LogP contribution < -0.4 is 4.57 Å². The molecule has 0 aliphatic heterocycles. The van der Waals surface area contributed by atoms with Gasteiger partial charge in [0, 0.05) is 11.1 Å². The molecule has 0 fully saturated rings. The summed E-state index contributed by atoms with van der Waals surface area (Å²) in [7, 11) is 2.15. The normalized spacial score (nSPS) is 11.6. The van der Waals surface area contributed by atoms with Gasteiger partial charge in [-0.15, -0.1) is 0 Å². The maximum absolute atomic E-state index is 2.42. The summed E-state index contributed by atoms with van der Waals surface area (Å²) < 4.78 is 4.66. The molecule has 0 atom stereocenters. The Morgan fingerprint density at radius 3 is 1.82 bits per heavy atom. The average molecular weight is 438 g/mol. The molecule has 0 radical (unpaired) electrons. The number of imidazole rings is 1. The molecule has 2 heteroatoms. The van der Waals surface area contributed by atoms with Crippen LogP contribution in [0.25, 0.3) is 28.2 Å². The summed E-state index contributed by atoms with van der Waals surface area (Å²) in [6.07, 6.45) is 4.40. The average Bonchev–Trinajstić information content (AvgIpc) is 3.13. The van der Waals surface area contributed by atoms with E-state index in [1.807, 2.05) is 0 Å². The van der Waals surface area contributed by atoms with Crippen LogP contribution in [0.1, 0.15) is 67.3 Å². The molecular weight excluding hydrogens is 400 g/mol. The Morgan fingerprint density at radius 2 is 1.27 bits per heavy atom. The summed E-state index contributed by atoms with van der Waals surface area (Å²) in [5, 5.41) is 0. The van der Waals surface area contributed by atoms with Crippen LogP contribution >= 0.6 is 0 Å². The number of rotatable bonds is 5. The monoisotopic (exact) mass is 437 g/mol. The number of nitrogens with zero attached hydrogens (tertiary/aromatic N) is 2.